The van der Waals surface area contributed by atoms with Crippen molar-refractivity contribution in [2.24, 2.45) is 11.7 Å². The first-order valence-corrected chi connectivity index (χ1v) is 9.65. The third kappa shape index (κ3) is 5.18. The zero-order valence-corrected chi connectivity index (χ0v) is 15.1. The number of hydrogen-bond donors (Lipinski definition) is 2. The van der Waals surface area contributed by atoms with E-state index in [1.54, 1.807) is 5.32 Å². The van der Waals surface area contributed by atoms with Gasteiger partial charge >= 0.3 is 6.18 Å². The molecule has 1 aliphatic rings. The highest BCUT2D eigenvalue weighted by atomic mass is 32.2. The Kier molecular flexibility index (Phi) is 6.30. The highest BCUT2D eigenvalue weighted by molar-refractivity contribution is 7.89. The molecule has 0 spiro atoms. The first-order chi connectivity index (χ1) is 12.0. The van der Waals surface area contributed by atoms with Gasteiger partial charge in [-0.15, -0.1) is 0 Å². The van der Waals surface area contributed by atoms with Crippen molar-refractivity contribution in [2.75, 3.05) is 19.6 Å². The van der Waals surface area contributed by atoms with E-state index in [-0.39, 0.29) is 22.4 Å². The van der Waals surface area contributed by atoms with Gasteiger partial charge in [-0.1, -0.05) is 0 Å². The van der Waals surface area contributed by atoms with Gasteiger partial charge in [-0.25, -0.2) is 8.42 Å². The van der Waals surface area contributed by atoms with E-state index in [4.69, 9.17) is 5.73 Å². The molecular weight excluding hydrogens is 371 g/mol. The number of nitrogens with one attached hydrogen (secondary N) is 1. The van der Waals surface area contributed by atoms with Crippen LogP contribution in [0.25, 0.3) is 0 Å². The van der Waals surface area contributed by atoms with E-state index < -0.39 is 28.7 Å². The molecule has 1 saturated heterocycles. The van der Waals surface area contributed by atoms with E-state index in [1.807, 2.05) is 6.92 Å². The minimum atomic E-state index is -4.51. The van der Waals surface area contributed by atoms with E-state index in [0.29, 0.717) is 25.9 Å². The summed E-state index contributed by atoms with van der Waals surface area (Å²) in [7, 11) is -3.71. The molecule has 6 nitrogen and oxygen atoms in total. The maximum absolute atomic E-state index is 12.6. The minimum absolute atomic E-state index is 0.00381. The number of amides is 1. The second-order valence-electron chi connectivity index (χ2n) is 6.42. The van der Waals surface area contributed by atoms with Crippen LogP contribution in [0.5, 0.6) is 0 Å². The van der Waals surface area contributed by atoms with Crippen LogP contribution in [0.2, 0.25) is 0 Å². The lowest BCUT2D eigenvalue weighted by Gasteiger charge is -2.32. The molecule has 1 fully saturated rings. The summed E-state index contributed by atoms with van der Waals surface area (Å²) in [6.07, 6.45) is -3.16. The number of halogens is 3. The summed E-state index contributed by atoms with van der Waals surface area (Å²) < 4.78 is 63.0. The summed E-state index contributed by atoms with van der Waals surface area (Å²) in [5.41, 5.74) is 5.81. The molecule has 2 rings (SSSR count). The highest BCUT2D eigenvalue weighted by Gasteiger charge is 2.31. The molecule has 1 heterocycles. The quantitative estimate of drug-likeness (QED) is 0.797. The van der Waals surface area contributed by atoms with Crippen LogP contribution in [0.1, 0.15) is 30.1 Å². The van der Waals surface area contributed by atoms with Gasteiger partial charge in [-0.05, 0) is 49.9 Å². The average molecular weight is 393 g/mol. The Bertz CT molecular complexity index is 725. The van der Waals surface area contributed by atoms with E-state index in [2.05, 4.69) is 0 Å². The van der Waals surface area contributed by atoms with Gasteiger partial charge in [0, 0.05) is 24.7 Å². The van der Waals surface area contributed by atoms with Crippen molar-refractivity contribution in [3.05, 3.63) is 29.8 Å². The fourth-order valence-corrected chi connectivity index (χ4v) is 4.32. The molecule has 146 valence electrons. The van der Waals surface area contributed by atoms with Gasteiger partial charge in [0.25, 0.3) is 5.91 Å². The number of nitrogens with zero attached hydrogens (tertiary/aromatic N) is 1. The molecule has 0 aliphatic carbocycles. The number of benzene rings is 1. The molecule has 1 amide bonds. The van der Waals surface area contributed by atoms with Crippen LogP contribution in [0.15, 0.2) is 29.2 Å². The van der Waals surface area contributed by atoms with Gasteiger partial charge in [-0.2, -0.15) is 17.5 Å². The lowest BCUT2D eigenvalue weighted by atomic mass is 9.92. The molecular formula is C16H22F3N3O3S. The Labute approximate surface area is 150 Å². The van der Waals surface area contributed by atoms with Crippen molar-refractivity contribution in [3.8, 4) is 0 Å². The molecule has 1 aromatic rings. The monoisotopic (exact) mass is 393 g/mol. The van der Waals surface area contributed by atoms with Crippen LogP contribution < -0.4 is 11.1 Å². The van der Waals surface area contributed by atoms with Crippen molar-refractivity contribution in [3.63, 3.8) is 0 Å². The first kappa shape index (κ1) is 20.7. The molecule has 1 aliphatic heterocycles. The van der Waals surface area contributed by atoms with Crippen LogP contribution in [0, 0.1) is 5.92 Å². The van der Waals surface area contributed by atoms with Crippen LogP contribution in [0.4, 0.5) is 13.2 Å². The second kappa shape index (κ2) is 7.93. The molecule has 0 bridgehead atoms. The predicted molar refractivity (Wildman–Crippen MR) is 90.0 cm³/mol. The first-order valence-electron chi connectivity index (χ1n) is 8.21. The minimum Gasteiger partial charge on any atom is -0.343 e. The Hall–Kier alpha value is -1.65. The second-order valence-corrected chi connectivity index (χ2v) is 8.36. The van der Waals surface area contributed by atoms with Gasteiger partial charge in [0.05, 0.1) is 4.90 Å². The van der Waals surface area contributed by atoms with E-state index in [0.717, 1.165) is 0 Å². The molecule has 0 saturated carbocycles. The normalized spacial score (nSPS) is 18.5. The maximum atomic E-state index is 12.6. The van der Waals surface area contributed by atoms with Crippen molar-refractivity contribution >= 4 is 15.9 Å². The van der Waals surface area contributed by atoms with Gasteiger partial charge in [0.15, 0.2) is 0 Å². The van der Waals surface area contributed by atoms with Crippen molar-refractivity contribution in [2.45, 2.75) is 36.9 Å². The Balaban J connectivity index is 2.04. The summed E-state index contributed by atoms with van der Waals surface area (Å²) in [6.45, 7) is 1.18. The molecule has 26 heavy (non-hydrogen) atoms. The third-order valence-corrected chi connectivity index (χ3v) is 6.36. The average Bonchev–Trinajstić information content (AvgIpc) is 2.59. The molecule has 10 heteroatoms. The summed E-state index contributed by atoms with van der Waals surface area (Å²) in [5.74, 6) is -0.634. The molecule has 1 atom stereocenters. The predicted octanol–water partition coefficient (Wildman–Crippen LogP) is 1.73. The summed E-state index contributed by atoms with van der Waals surface area (Å²) >= 11 is 0. The van der Waals surface area contributed by atoms with Crippen LogP contribution >= 0.6 is 0 Å². The lowest BCUT2D eigenvalue weighted by Crippen LogP contribution is -2.42. The van der Waals surface area contributed by atoms with Crippen molar-refractivity contribution in [1.29, 1.82) is 0 Å². The number of nitrogens with two attached hydrogens (primary N) is 1. The van der Waals surface area contributed by atoms with E-state index >= 15 is 0 Å². The van der Waals surface area contributed by atoms with Crippen LogP contribution in [-0.2, 0) is 10.0 Å². The number of sulfonamides is 1. The van der Waals surface area contributed by atoms with Crippen molar-refractivity contribution < 1.29 is 26.4 Å². The van der Waals surface area contributed by atoms with Crippen LogP contribution in [0.3, 0.4) is 0 Å². The molecule has 0 aromatic heterocycles. The Morgan fingerprint density at radius 2 is 1.81 bits per heavy atom. The Morgan fingerprint density at radius 3 is 2.27 bits per heavy atom. The van der Waals surface area contributed by atoms with Gasteiger partial charge in [0.2, 0.25) is 10.0 Å². The highest BCUT2D eigenvalue weighted by Crippen LogP contribution is 2.25. The fraction of sp³-hybridized carbons (Fsp3) is 0.562. The van der Waals surface area contributed by atoms with E-state index in [9.17, 15) is 26.4 Å². The topological polar surface area (TPSA) is 92.5 Å². The third-order valence-electron chi connectivity index (χ3n) is 4.45. The Morgan fingerprint density at radius 1 is 1.27 bits per heavy atom. The number of piperidine rings is 1. The molecule has 1 unspecified atom stereocenters. The number of alkyl halides is 3. The molecule has 1 aromatic carbocycles. The smallest absolute Gasteiger partial charge is 0.343 e. The van der Waals surface area contributed by atoms with Crippen LogP contribution in [-0.4, -0.2) is 50.5 Å². The van der Waals surface area contributed by atoms with Gasteiger partial charge < -0.3 is 11.1 Å². The van der Waals surface area contributed by atoms with Gasteiger partial charge in [0.1, 0.15) is 6.54 Å². The standard InChI is InChI=1S/C16H22F3N3O3S/c1-11(20)12-6-8-22(9-7-12)26(24,25)14-4-2-13(3-5-14)15(23)21-10-16(17,18)19/h2-5,11-12H,6-10,20H2,1H3,(H,21,23). The molecule has 0 radical (unpaired) electrons. The summed E-state index contributed by atoms with van der Waals surface area (Å²) in [4.78, 5) is 11.7. The number of hydrogen-bond acceptors (Lipinski definition) is 4. The zero-order chi connectivity index (χ0) is 19.5. The summed E-state index contributed by atoms with van der Waals surface area (Å²) in [6, 6.07) is 4.88. The summed E-state index contributed by atoms with van der Waals surface area (Å²) in [5, 5.41) is 1.74. The number of carbonyl (C=O) groups is 1. The SMILES string of the molecule is CC(N)C1CCN(S(=O)(=O)c2ccc(C(=O)NCC(F)(F)F)cc2)CC1. The van der Waals surface area contributed by atoms with E-state index in [1.165, 1.54) is 28.6 Å². The fourth-order valence-electron chi connectivity index (χ4n) is 2.85. The van der Waals surface area contributed by atoms with Gasteiger partial charge in [-0.3, -0.25) is 4.79 Å². The number of carbonyl (C=O) groups excluding carboxylic acids is 1. The zero-order valence-electron chi connectivity index (χ0n) is 14.3. The largest absolute Gasteiger partial charge is 0.405 e. The lowest BCUT2D eigenvalue weighted by molar-refractivity contribution is -0.123. The molecule has 3 N–H and O–H groups in total. The van der Waals surface area contributed by atoms with Crippen molar-refractivity contribution in [1.82, 2.24) is 9.62 Å². The maximum Gasteiger partial charge on any atom is 0.405 e. The number of rotatable bonds is 5.